The van der Waals surface area contributed by atoms with E-state index in [2.05, 4.69) is 15.2 Å². The molecule has 0 aromatic carbocycles. The Kier molecular flexibility index (Phi) is 3.62. The van der Waals surface area contributed by atoms with Crippen molar-refractivity contribution in [2.75, 3.05) is 6.61 Å². The molecule has 0 bridgehead atoms. The molecule has 0 radical (unpaired) electrons. The Morgan fingerprint density at radius 2 is 2.36 bits per heavy atom. The van der Waals surface area contributed by atoms with Crippen molar-refractivity contribution in [1.82, 2.24) is 15.2 Å². The molecule has 0 saturated heterocycles. The van der Waals surface area contributed by atoms with Crippen molar-refractivity contribution in [3.05, 3.63) is 12.2 Å². The minimum Gasteiger partial charge on any atom is -0.465 e. The van der Waals surface area contributed by atoms with Gasteiger partial charge in [0, 0.05) is 0 Å². The Morgan fingerprint density at radius 3 is 2.79 bits per heavy atom. The van der Waals surface area contributed by atoms with Crippen molar-refractivity contribution in [3.8, 4) is 0 Å². The molecule has 14 heavy (non-hydrogen) atoms. The highest BCUT2D eigenvalue weighted by Crippen LogP contribution is 2.22. The number of aromatic nitrogens is 3. The lowest BCUT2D eigenvalue weighted by atomic mass is 9.95. The summed E-state index contributed by atoms with van der Waals surface area (Å²) in [7, 11) is 0. The van der Waals surface area contributed by atoms with Crippen molar-refractivity contribution >= 4 is 5.97 Å². The predicted octanol–water partition coefficient (Wildman–Crippen LogP) is 1.11. The molecule has 0 aliphatic carbocycles. The summed E-state index contributed by atoms with van der Waals surface area (Å²) in [6, 6.07) is 0. The zero-order valence-corrected chi connectivity index (χ0v) is 8.65. The number of H-pyrrole nitrogens is 1. The zero-order valence-electron chi connectivity index (χ0n) is 8.65. The summed E-state index contributed by atoms with van der Waals surface area (Å²) in [4.78, 5) is 15.5. The first-order valence-corrected chi connectivity index (χ1v) is 4.68. The molecule has 0 spiro atoms. The van der Waals surface area contributed by atoms with Crippen LogP contribution in [-0.2, 0) is 9.53 Å². The second-order valence-electron chi connectivity index (χ2n) is 3.34. The number of nitrogens with one attached hydrogen (secondary N) is 1. The van der Waals surface area contributed by atoms with Gasteiger partial charge in [-0.15, -0.1) is 0 Å². The van der Waals surface area contributed by atoms with Gasteiger partial charge in [-0.3, -0.25) is 9.89 Å². The van der Waals surface area contributed by atoms with Crippen molar-refractivity contribution in [2.45, 2.75) is 26.7 Å². The summed E-state index contributed by atoms with van der Waals surface area (Å²) in [5.74, 6) is 0.108. The molecule has 1 aromatic rings. The highest BCUT2D eigenvalue weighted by atomic mass is 16.5. The van der Waals surface area contributed by atoms with Gasteiger partial charge in [0.25, 0.3) is 0 Å². The lowest BCUT2D eigenvalue weighted by Crippen LogP contribution is -2.22. The van der Waals surface area contributed by atoms with E-state index >= 15 is 0 Å². The van der Waals surface area contributed by atoms with Gasteiger partial charge in [-0.2, -0.15) is 5.10 Å². The molecule has 0 fully saturated rings. The van der Waals surface area contributed by atoms with Gasteiger partial charge < -0.3 is 4.74 Å². The summed E-state index contributed by atoms with van der Waals surface area (Å²) >= 11 is 0. The average molecular weight is 197 g/mol. The van der Waals surface area contributed by atoms with Gasteiger partial charge >= 0.3 is 5.97 Å². The summed E-state index contributed by atoms with van der Waals surface area (Å²) < 4.78 is 4.96. The Morgan fingerprint density at radius 1 is 1.64 bits per heavy atom. The monoisotopic (exact) mass is 197 g/mol. The van der Waals surface area contributed by atoms with Gasteiger partial charge in [-0.05, 0) is 12.8 Å². The normalized spacial score (nSPS) is 12.9. The second kappa shape index (κ2) is 4.74. The van der Waals surface area contributed by atoms with E-state index in [9.17, 15) is 4.79 Å². The maximum atomic E-state index is 11.6. The third-order valence-electron chi connectivity index (χ3n) is 1.94. The van der Waals surface area contributed by atoms with E-state index in [4.69, 9.17) is 4.74 Å². The molecule has 78 valence electrons. The quantitative estimate of drug-likeness (QED) is 0.734. The Bertz CT molecular complexity index is 282. The van der Waals surface area contributed by atoms with Crippen molar-refractivity contribution in [1.29, 1.82) is 0 Å². The molecule has 5 nitrogen and oxygen atoms in total. The topological polar surface area (TPSA) is 67.9 Å². The number of carbonyl (C=O) groups is 1. The van der Waals surface area contributed by atoms with Gasteiger partial charge in [0.15, 0.2) is 0 Å². The van der Waals surface area contributed by atoms with Crippen molar-refractivity contribution in [2.24, 2.45) is 5.92 Å². The van der Waals surface area contributed by atoms with Gasteiger partial charge in [-0.25, -0.2) is 4.98 Å². The zero-order chi connectivity index (χ0) is 10.6. The number of carbonyl (C=O) groups excluding carboxylic acids is 1. The molecular weight excluding hydrogens is 182 g/mol. The SMILES string of the molecule is CCOC(=O)C(c1ncn[nH]1)C(C)C. The fourth-order valence-electron chi connectivity index (χ4n) is 1.30. The second-order valence-corrected chi connectivity index (χ2v) is 3.34. The van der Waals surface area contributed by atoms with Crippen LogP contribution in [0.2, 0.25) is 0 Å². The maximum absolute atomic E-state index is 11.6. The molecule has 0 saturated carbocycles. The van der Waals surface area contributed by atoms with E-state index < -0.39 is 0 Å². The predicted molar refractivity (Wildman–Crippen MR) is 50.6 cm³/mol. The fraction of sp³-hybridized carbons (Fsp3) is 0.667. The van der Waals surface area contributed by atoms with E-state index in [1.807, 2.05) is 13.8 Å². The summed E-state index contributed by atoms with van der Waals surface area (Å²) in [6.07, 6.45) is 1.39. The molecule has 1 rings (SSSR count). The van der Waals surface area contributed by atoms with Gasteiger partial charge in [-0.1, -0.05) is 13.8 Å². The molecule has 1 atom stereocenters. The molecule has 1 heterocycles. The number of esters is 1. The van der Waals surface area contributed by atoms with Crippen LogP contribution in [0.1, 0.15) is 32.5 Å². The van der Waals surface area contributed by atoms with Gasteiger partial charge in [0.05, 0.1) is 6.61 Å². The molecule has 1 N–H and O–H groups in total. The third kappa shape index (κ3) is 2.31. The van der Waals surface area contributed by atoms with Crippen molar-refractivity contribution in [3.63, 3.8) is 0 Å². The highest BCUT2D eigenvalue weighted by molar-refractivity contribution is 5.77. The minimum atomic E-state index is -0.350. The van der Waals surface area contributed by atoms with E-state index in [0.29, 0.717) is 12.4 Å². The molecule has 0 aliphatic rings. The molecule has 5 heteroatoms. The number of hydrogen-bond donors (Lipinski definition) is 1. The van der Waals surface area contributed by atoms with Crippen LogP contribution in [0.3, 0.4) is 0 Å². The average Bonchev–Trinajstić information content (AvgIpc) is 2.57. The first-order chi connectivity index (χ1) is 6.66. The minimum absolute atomic E-state index is 0.141. The maximum Gasteiger partial charge on any atom is 0.316 e. The largest absolute Gasteiger partial charge is 0.465 e. The fourth-order valence-corrected chi connectivity index (χ4v) is 1.30. The van der Waals surface area contributed by atoms with Crippen LogP contribution in [0.5, 0.6) is 0 Å². The lowest BCUT2D eigenvalue weighted by molar-refractivity contribution is -0.146. The van der Waals surface area contributed by atoms with E-state index in [-0.39, 0.29) is 17.8 Å². The van der Waals surface area contributed by atoms with Crippen LogP contribution in [-0.4, -0.2) is 27.8 Å². The standard InChI is InChI=1S/C9H15N3O2/c1-4-14-9(13)7(6(2)3)8-10-5-11-12-8/h5-7H,4H2,1-3H3,(H,10,11,12). The number of nitrogens with zero attached hydrogens (tertiary/aromatic N) is 2. The third-order valence-corrected chi connectivity index (χ3v) is 1.94. The van der Waals surface area contributed by atoms with Crippen molar-refractivity contribution < 1.29 is 9.53 Å². The van der Waals surface area contributed by atoms with Crippen LogP contribution in [0.25, 0.3) is 0 Å². The summed E-state index contributed by atoms with van der Waals surface area (Å²) in [5.41, 5.74) is 0. The van der Waals surface area contributed by atoms with Gasteiger partial charge in [0.2, 0.25) is 0 Å². The van der Waals surface area contributed by atoms with E-state index in [1.54, 1.807) is 6.92 Å². The van der Waals surface area contributed by atoms with Crippen LogP contribution in [0.4, 0.5) is 0 Å². The molecule has 1 unspecified atom stereocenters. The Balaban J connectivity index is 2.80. The highest BCUT2D eigenvalue weighted by Gasteiger charge is 2.27. The number of ether oxygens (including phenoxy) is 1. The molecular formula is C9H15N3O2. The summed E-state index contributed by atoms with van der Waals surface area (Å²) in [6.45, 7) is 6.07. The van der Waals surface area contributed by atoms with Crippen LogP contribution in [0.15, 0.2) is 6.33 Å². The van der Waals surface area contributed by atoms with Crippen LogP contribution >= 0.6 is 0 Å². The number of aromatic amines is 1. The number of hydrogen-bond acceptors (Lipinski definition) is 4. The van der Waals surface area contributed by atoms with E-state index in [1.165, 1.54) is 6.33 Å². The molecule has 0 amide bonds. The first-order valence-electron chi connectivity index (χ1n) is 4.68. The van der Waals surface area contributed by atoms with Crippen LogP contribution < -0.4 is 0 Å². The first kappa shape index (κ1) is 10.7. The van der Waals surface area contributed by atoms with Crippen LogP contribution in [0, 0.1) is 5.92 Å². The van der Waals surface area contributed by atoms with Gasteiger partial charge in [0.1, 0.15) is 18.1 Å². The van der Waals surface area contributed by atoms with E-state index in [0.717, 1.165) is 0 Å². The molecule has 0 aliphatic heterocycles. The summed E-state index contributed by atoms with van der Waals surface area (Å²) in [5, 5.41) is 6.42. The Hall–Kier alpha value is -1.39. The molecule has 1 aromatic heterocycles. The lowest BCUT2D eigenvalue weighted by Gasteiger charge is -2.15. The smallest absolute Gasteiger partial charge is 0.316 e. The number of rotatable bonds is 4. The Labute approximate surface area is 82.9 Å².